The molecule has 1 heterocycles. The van der Waals surface area contributed by atoms with Crippen molar-refractivity contribution in [2.75, 3.05) is 16.4 Å². The average molecular weight is 461 g/mol. The zero-order valence-electron chi connectivity index (χ0n) is 19.6. The fourth-order valence-electron chi connectivity index (χ4n) is 3.11. The summed E-state index contributed by atoms with van der Waals surface area (Å²) in [5, 5.41) is 5.41. The number of nitrogens with one attached hydrogen (secondary N) is 2. The molecule has 8 nitrogen and oxygen atoms in total. The van der Waals surface area contributed by atoms with E-state index in [1.807, 2.05) is 0 Å². The van der Waals surface area contributed by atoms with Crippen molar-refractivity contribution in [2.45, 2.75) is 26.4 Å². The van der Waals surface area contributed by atoms with Crippen LogP contribution in [0.15, 0.2) is 66.9 Å². The van der Waals surface area contributed by atoms with E-state index < -0.39 is 11.7 Å². The number of aryl methyl sites for hydroxylation is 1. The Morgan fingerprint density at radius 1 is 1.00 bits per heavy atom. The van der Waals surface area contributed by atoms with Crippen LogP contribution in [0.1, 0.15) is 47.2 Å². The van der Waals surface area contributed by atoms with Crippen LogP contribution in [-0.4, -0.2) is 28.0 Å². The molecule has 4 N–H and O–H groups in total. The molecule has 0 radical (unpaired) electrons. The Bertz CT molecular complexity index is 1230. The number of rotatable bonds is 6. The van der Waals surface area contributed by atoms with Gasteiger partial charge in [0.2, 0.25) is 0 Å². The number of benzene rings is 2. The van der Waals surface area contributed by atoms with E-state index in [2.05, 4.69) is 10.6 Å². The van der Waals surface area contributed by atoms with Gasteiger partial charge in [0.05, 0.1) is 11.4 Å². The Kier molecular flexibility index (Phi) is 7.21. The number of anilines is 3. The van der Waals surface area contributed by atoms with Gasteiger partial charge < -0.3 is 20.4 Å². The normalized spacial score (nSPS) is 11.3. The lowest BCUT2D eigenvalue weighted by molar-refractivity contribution is 0.0635. The van der Waals surface area contributed by atoms with Crippen LogP contribution in [0.3, 0.4) is 0 Å². The highest BCUT2D eigenvalue weighted by Gasteiger charge is 2.16. The van der Waals surface area contributed by atoms with E-state index in [-0.39, 0.29) is 11.7 Å². The highest BCUT2D eigenvalue weighted by Crippen LogP contribution is 2.19. The molecule has 0 saturated heterocycles. The number of ether oxygens (including phenoxy) is 1. The van der Waals surface area contributed by atoms with Gasteiger partial charge in [0.1, 0.15) is 11.3 Å². The maximum absolute atomic E-state index is 12.6. The molecule has 3 aromatic rings. The largest absolute Gasteiger partial charge is 0.444 e. The van der Waals surface area contributed by atoms with Crippen LogP contribution in [0.5, 0.6) is 0 Å². The van der Waals surface area contributed by atoms with Crippen LogP contribution >= 0.6 is 0 Å². The third-order valence-corrected chi connectivity index (χ3v) is 4.71. The number of carbonyl (C=O) groups excluding carboxylic acids is 3. The molecule has 176 valence electrons. The van der Waals surface area contributed by atoms with Crippen molar-refractivity contribution in [2.24, 2.45) is 7.05 Å². The molecule has 2 amide bonds. The van der Waals surface area contributed by atoms with E-state index >= 15 is 0 Å². The topological polar surface area (TPSA) is 115 Å². The first-order valence-electron chi connectivity index (χ1n) is 10.7. The second kappa shape index (κ2) is 10.1. The molecule has 0 atom stereocenters. The number of hydrogen-bond acceptors (Lipinski definition) is 5. The summed E-state index contributed by atoms with van der Waals surface area (Å²) in [6.07, 6.45) is 4.26. The van der Waals surface area contributed by atoms with Crippen LogP contribution in [0.4, 0.5) is 21.9 Å². The highest BCUT2D eigenvalue weighted by atomic mass is 16.6. The Balaban J connectivity index is 1.63. The molecule has 34 heavy (non-hydrogen) atoms. The lowest BCUT2D eigenvalue weighted by atomic mass is 10.1. The minimum absolute atomic E-state index is 0.212. The van der Waals surface area contributed by atoms with Crippen LogP contribution in [0.2, 0.25) is 0 Å². The van der Waals surface area contributed by atoms with E-state index in [0.717, 1.165) is 0 Å². The molecule has 8 heteroatoms. The summed E-state index contributed by atoms with van der Waals surface area (Å²) < 4.78 is 6.89. The molecule has 1 aromatic heterocycles. The first-order valence-corrected chi connectivity index (χ1v) is 10.7. The zero-order chi connectivity index (χ0) is 24.9. The Hall–Kier alpha value is -4.33. The molecule has 0 unspecified atom stereocenters. The summed E-state index contributed by atoms with van der Waals surface area (Å²) in [6.45, 7) is 5.34. The monoisotopic (exact) mass is 460 g/mol. The average Bonchev–Trinajstić information content (AvgIpc) is 3.13. The predicted octanol–water partition coefficient (Wildman–Crippen LogP) is 5.10. The van der Waals surface area contributed by atoms with Crippen molar-refractivity contribution in [3.8, 4) is 0 Å². The molecule has 0 aliphatic rings. The molecule has 0 fully saturated rings. The van der Waals surface area contributed by atoms with Crippen molar-refractivity contribution in [3.05, 3.63) is 83.7 Å². The summed E-state index contributed by atoms with van der Waals surface area (Å²) >= 11 is 0. The van der Waals surface area contributed by atoms with Gasteiger partial charge in [0, 0.05) is 24.5 Å². The van der Waals surface area contributed by atoms with Gasteiger partial charge in [-0.1, -0.05) is 12.1 Å². The number of allylic oxidation sites excluding steroid dienone is 1. The number of ketones is 1. The maximum Gasteiger partial charge on any atom is 0.412 e. The number of hydrogen-bond donors (Lipinski definition) is 3. The van der Waals surface area contributed by atoms with Crippen molar-refractivity contribution in [1.29, 1.82) is 0 Å². The van der Waals surface area contributed by atoms with Gasteiger partial charge in [-0.3, -0.25) is 14.9 Å². The van der Waals surface area contributed by atoms with Gasteiger partial charge in [0.15, 0.2) is 5.78 Å². The van der Waals surface area contributed by atoms with Gasteiger partial charge >= 0.3 is 6.09 Å². The van der Waals surface area contributed by atoms with Crippen molar-refractivity contribution >= 4 is 40.9 Å². The van der Waals surface area contributed by atoms with Crippen molar-refractivity contribution in [1.82, 2.24) is 4.57 Å². The number of nitrogen functional groups attached to an aromatic ring is 1. The third-order valence-electron chi connectivity index (χ3n) is 4.71. The molecule has 2 aromatic carbocycles. The lowest BCUT2D eigenvalue weighted by Gasteiger charge is -2.19. The molecule has 0 aliphatic heterocycles. The molecular formula is C26H28N4O4. The van der Waals surface area contributed by atoms with Gasteiger partial charge in [-0.05, 0) is 81.0 Å². The number of aromatic nitrogens is 1. The molecular weight excluding hydrogens is 432 g/mol. The van der Waals surface area contributed by atoms with E-state index in [0.29, 0.717) is 33.9 Å². The number of para-hydroxylation sites is 2. The smallest absolute Gasteiger partial charge is 0.412 e. The van der Waals surface area contributed by atoms with Crippen LogP contribution in [0, 0.1) is 0 Å². The Labute approximate surface area is 198 Å². The predicted molar refractivity (Wildman–Crippen MR) is 134 cm³/mol. The summed E-state index contributed by atoms with van der Waals surface area (Å²) in [5.74, 6) is -0.518. The van der Waals surface area contributed by atoms with Gasteiger partial charge in [0.25, 0.3) is 5.91 Å². The van der Waals surface area contributed by atoms with Gasteiger partial charge in [-0.15, -0.1) is 0 Å². The number of carbonyl (C=O) groups is 3. The standard InChI is InChI=1S/C26H28N4O4/c1-26(2,3)34-25(33)28-19-12-10-18(11-13-19)23(31)14-9-17-15-22(30(4)16-17)24(32)29-21-8-6-5-7-20(21)27/h5-16H,27H2,1-4H3,(H,28,33)(H,29,32)/b14-9+. The minimum atomic E-state index is -0.600. The highest BCUT2D eigenvalue weighted by molar-refractivity contribution is 6.08. The lowest BCUT2D eigenvalue weighted by Crippen LogP contribution is -2.27. The summed E-state index contributed by atoms with van der Waals surface area (Å²) in [7, 11) is 1.75. The summed E-state index contributed by atoms with van der Waals surface area (Å²) in [6, 6.07) is 15.2. The maximum atomic E-state index is 12.6. The molecule has 3 rings (SSSR count). The second-order valence-corrected chi connectivity index (χ2v) is 8.71. The van der Waals surface area contributed by atoms with E-state index in [1.165, 1.54) is 6.08 Å². The van der Waals surface area contributed by atoms with Gasteiger partial charge in [-0.2, -0.15) is 0 Å². The fraction of sp³-hybridized carbons (Fsp3) is 0.192. The number of nitrogens with two attached hydrogens (primary N) is 1. The Morgan fingerprint density at radius 2 is 1.68 bits per heavy atom. The summed E-state index contributed by atoms with van der Waals surface area (Å²) in [4.78, 5) is 37.0. The van der Waals surface area contributed by atoms with Crippen molar-refractivity contribution < 1.29 is 19.1 Å². The molecule has 0 aliphatic carbocycles. The molecule has 0 saturated carbocycles. The Morgan fingerprint density at radius 3 is 2.32 bits per heavy atom. The molecule has 0 spiro atoms. The van der Waals surface area contributed by atoms with Crippen molar-refractivity contribution in [3.63, 3.8) is 0 Å². The van der Waals surface area contributed by atoms with Gasteiger partial charge in [-0.25, -0.2) is 4.79 Å². The molecule has 0 bridgehead atoms. The number of amides is 2. The minimum Gasteiger partial charge on any atom is -0.444 e. The van der Waals surface area contributed by atoms with Crippen LogP contribution < -0.4 is 16.4 Å². The summed E-state index contributed by atoms with van der Waals surface area (Å²) in [5.41, 5.74) is 8.40. The zero-order valence-corrected chi connectivity index (χ0v) is 19.6. The third kappa shape index (κ3) is 6.59. The second-order valence-electron chi connectivity index (χ2n) is 8.71. The van der Waals surface area contributed by atoms with E-state index in [9.17, 15) is 14.4 Å². The first-order chi connectivity index (χ1) is 16.0. The van der Waals surface area contributed by atoms with Crippen LogP contribution in [0.25, 0.3) is 6.08 Å². The van der Waals surface area contributed by atoms with Crippen LogP contribution in [-0.2, 0) is 11.8 Å². The van der Waals surface area contributed by atoms with E-state index in [4.69, 9.17) is 10.5 Å². The van der Waals surface area contributed by atoms with E-state index in [1.54, 1.807) is 99.3 Å². The quantitative estimate of drug-likeness (QED) is 0.269. The SMILES string of the molecule is Cn1cc(/C=C/C(=O)c2ccc(NC(=O)OC(C)(C)C)cc2)cc1C(=O)Nc1ccccc1N. The first kappa shape index (κ1) is 24.3. The number of nitrogens with zero attached hydrogens (tertiary/aromatic N) is 1. The fourth-order valence-corrected chi connectivity index (χ4v) is 3.11.